The summed E-state index contributed by atoms with van der Waals surface area (Å²) in [5.41, 5.74) is 7.50. The molecule has 0 radical (unpaired) electrons. The van der Waals surface area contributed by atoms with Crippen molar-refractivity contribution in [1.29, 1.82) is 0 Å². The zero-order chi connectivity index (χ0) is 13.1. The van der Waals surface area contributed by atoms with Gasteiger partial charge in [0.1, 0.15) is 23.2 Å². The lowest BCUT2D eigenvalue weighted by Crippen LogP contribution is -2.05. The molecule has 3 N–H and O–H groups in total. The van der Waals surface area contributed by atoms with E-state index in [4.69, 9.17) is 10.5 Å². The van der Waals surface area contributed by atoms with Crippen LogP contribution in [-0.2, 0) is 0 Å². The highest BCUT2D eigenvalue weighted by Gasteiger charge is 2.09. The Morgan fingerprint density at radius 3 is 2.61 bits per heavy atom. The van der Waals surface area contributed by atoms with Crippen LogP contribution in [0.4, 0.5) is 17.3 Å². The van der Waals surface area contributed by atoms with Crippen molar-refractivity contribution >= 4 is 17.3 Å². The first-order valence-corrected chi connectivity index (χ1v) is 5.62. The minimum Gasteiger partial charge on any atom is -0.495 e. The lowest BCUT2D eigenvalue weighted by molar-refractivity contribution is 0.417. The van der Waals surface area contributed by atoms with E-state index in [1.54, 1.807) is 7.11 Å². The minimum atomic E-state index is 0.486. The lowest BCUT2D eigenvalue weighted by atomic mass is 10.2. The number of ether oxygens (including phenoxy) is 1. The van der Waals surface area contributed by atoms with Crippen LogP contribution in [0.3, 0.4) is 0 Å². The molecule has 1 aromatic heterocycles. The van der Waals surface area contributed by atoms with Crippen LogP contribution in [-0.4, -0.2) is 17.1 Å². The number of aromatic nitrogens is 2. The summed E-state index contributed by atoms with van der Waals surface area (Å²) in [6.07, 6.45) is 0. The summed E-state index contributed by atoms with van der Waals surface area (Å²) >= 11 is 0. The Kier molecular flexibility index (Phi) is 3.32. The van der Waals surface area contributed by atoms with E-state index in [9.17, 15) is 0 Å². The van der Waals surface area contributed by atoms with Gasteiger partial charge in [0.05, 0.1) is 12.8 Å². The molecule has 0 aliphatic heterocycles. The topological polar surface area (TPSA) is 73.1 Å². The fourth-order valence-electron chi connectivity index (χ4n) is 1.65. The maximum Gasteiger partial charge on any atom is 0.142 e. The molecule has 1 heterocycles. The zero-order valence-electron chi connectivity index (χ0n) is 10.7. The third-order valence-electron chi connectivity index (χ3n) is 2.66. The molecule has 0 unspecified atom stereocenters. The van der Waals surface area contributed by atoms with Crippen LogP contribution < -0.4 is 15.8 Å². The van der Waals surface area contributed by atoms with Crippen molar-refractivity contribution in [2.75, 3.05) is 18.2 Å². The lowest BCUT2D eigenvalue weighted by Gasteiger charge is -2.13. The average molecular weight is 244 g/mol. The fraction of sp³-hybridized carbons (Fsp3) is 0.231. The standard InChI is InChI=1S/C13H16N4O/c1-8-12(14)15-9(2)16-13(8)17-10-6-4-5-7-11(10)18-3/h4-7H,1-3H3,(H3,14,15,16,17). The van der Waals surface area contributed by atoms with Gasteiger partial charge in [-0.2, -0.15) is 0 Å². The quantitative estimate of drug-likeness (QED) is 0.867. The van der Waals surface area contributed by atoms with E-state index < -0.39 is 0 Å². The molecule has 0 saturated carbocycles. The van der Waals surface area contributed by atoms with Crippen LogP contribution in [0.1, 0.15) is 11.4 Å². The third-order valence-corrected chi connectivity index (χ3v) is 2.66. The largest absolute Gasteiger partial charge is 0.495 e. The van der Waals surface area contributed by atoms with Crippen molar-refractivity contribution in [3.8, 4) is 5.75 Å². The number of nitrogens with two attached hydrogens (primary N) is 1. The number of anilines is 3. The first-order valence-electron chi connectivity index (χ1n) is 5.62. The molecule has 0 amide bonds. The van der Waals surface area contributed by atoms with Crippen LogP contribution in [0, 0.1) is 13.8 Å². The van der Waals surface area contributed by atoms with Crippen molar-refractivity contribution in [2.24, 2.45) is 0 Å². The van der Waals surface area contributed by atoms with Crippen molar-refractivity contribution in [3.63, 3.8) is 0 Å². The molecular weight excluding hydrogens is 228 g/mol. The first-order chi connectivity index (χ1) is 8.61. The number of benzene rings is 1. The van der Waals surface area contributed by atoms with E-state index in [1.807, 2.05) is 38.1 Å². The van der Waals surface area contributed by atoms with Gasteiger partial charge >= 0.3 is 0 Å². The molecule has 0 aliphatic rings. The molecule has 94 valence electrons. The normalized spacial score (nSPS) is 10.2. The molecule has 5 heteroatoms. The van der Waals surface area contributed by atoms with E-state index in [1.165, 1.54) is 0 Å². The Labute approximate surface area is 106 Å². The number of nitrogens with zero attached hydrogens (tertiary/aromatic N) is 2. The molecular formula is C13H16N4O. The van der Waals surface area contributed by atoms with Crippen LogP contribution in [0.25, 0.3) is 0 Å². The van der Waals surface area contributed by atoms with E-state index >= 15 is 0 Å². The highest BCUT2D eigenvalue weighted by atomic mass is 16.5. The predicted molar refractivity (Wildman–Crippen MR) is 72.2 cm³/mol. The van der Waals surface area contributed by atoms with Gasteiger partial charge in [-0.25, -0.2) is 9.97 Å². The van der Waals surface area contributed by atoms with Gasteiger partial charge in [-0.3, -0.25) is 0 Å². The van der Waals surface area contributed by atoms with Gasteiger partial charge in [-0.05, 0) is 26.0 Å². The summed E-state index contributed by atoms with van der Waals surface area (Å²) in [7, 11) is 1.63. The molecule has 0 spiro atoms. The summed E-state index contributed by atoms with van der Waals surface area (Å²) in [6, 6.07) is 7.65. The van der Waals surface area contributed by atoms with Crippen LogP contribution >= 0.6 is 0 Å². The number of nitrogens with one attached hydrogen (secondary N) is 1. The van der Waals surface area contributed by atoms with Gasteiger partial charge < -0.3 is 15.8 Å². The number of aryl methyl sites for hydroxylation is 1. The summed E-state index contributed by atoms with van der Waals surface area (Å²) in [5, 5.41) is 3.22. The third kappa shape index (κ3) is 2.34. The van der Waals surface area contributed by atoms with Gasteiger partial charge in [-0.1, -0.05) is 12.1 Å². The van der Waals surface area contributed by atoms with Gasteiger partial charge in [-0.15, -0.1) is 0 Å². The molecule has 0 fully saturated rings. The number of nitrogen functional groups attached to an aromatic ring is 1. The SMILES string of the molecule is COc1ccccc1Nc1nc(C)nc(N)c1C. The fourth-order valence-corrected chi connectivity index (χ4v) is 1.65. The van der Waals surface area contributed by atoms with Gasteiger partial charge in [0.15, 0.2) is 0 Å². The number of hydrogen-bond acceptors (Lipinski definition) is 5. The molecule has 5 nitrogen and oxygen atoms in total. The van der Waals surface area contributed by atoms with E-state index in [2.05, 4.69) is 15.3 Å². The van der Waals surface area contributed by atoms with Crippen LogP contribution in [0.2, 0.25) is 0 Å². The summed E-state index contributed by atoms with van der Waals surface area (Å²) in [5.74, 6) is 2.58. The molecule has 0 bridgehead atoms. The van der Waals surface area contributed by atoms with Gasteiger partial charge in [0.2, 0.25) is 0 Å². The minimum absolute atomic E-state index is 0.486. The second kappa shape index (κ2) is 4.91. The zero-order valence-corrected chi connectivity index (χ0v) is 10.7. The number of hydrogen-bond donors (Lipinski definition) is 2. The van der Waals surface area contributed by atoms with E-state index in [-0.39, 0.29) is 0 Å². The number of para-hydroxylation sites is 2. The average Bonchev–Trinajstić information content (AvgIpc) is 2.36. The second-order valence-corrected chi connectivity index (χ2v) is 3.95. The van der Waals surface area contributed by atoms with Crippen molar-refractivity contribution in [1.82, 2.24) is 9.97 Å². The molecule has 0 aliphatic carbocycles. The van der Waals surface area contributed by atoms with Crippen LogP contribution in [0.15, 0.2) is 24.3 Å². The maximum atomic E-state index is 5.82. The van der Waals surface area contributed by atoms with E-state index in [0.29, 0.717) is 17.5 Å². The van der Waals surface area contributed by atoms with Gasteiger partial charge in [0, 0.05) is 5.56 Å². The van der Waals surface area contributed by atoms with Crippen LogP contribution in [0.5, 0.6) is 5.75 Å². The maximum absolute atomic E-state index is 5.82. The first kappa shape index (κ1) is 12.2. The Balaban J connectivity index is 2.40. The van der Waals surface area contributed by atoms with Crippen molar-refractivity contribution in [2.45, 2.75) is 13.8 Å². The Morgan fingerprint density at radius 2 is 1.89 bits per heavy atom. The number of methoxy groups -OCH3 is 1. The van der Waals surface area contributed by atoms with Crippen molar-refractivity contribution < 1.29 is 4.74 Å². The van der Waals surface area contributed by atoms with E-state index in [0.717, 1.165) is 17.0 Å². The smallest absolute Gasteiger partial charge is 0.142 e. The van der Waals surface area contributed by atoms with Gasteiger partial charge in [0.25, 0.3) is 0 Å². The Morgan fingerprint density at radius 1 is 1.17 bits per heavy atom. The highest BCUT2D eigenvalue weighted by Crippen LogP contribution is 2.28. The molecule has 18 heavy (non-hydrogen) atoms. The Hall–Kier alpha value is -2.30. The number of rotatable bonds is 3. The molecule has 0 saturated heterocycles. The van der Waals surface area contributed by atoms with Crippen molar-refractivity contribution in [3.05, 3.63) is 35.7 Å². The summed E-state index contributed by atoms with van der Waals surface area (Å²) in [6.45, 7) is 3.69. The Bertz CT molecular complexity index is 569. The monoisotopic (exact) mass is 244 g/mol. The summed E-state index contributed by atoms with van der Waals surface area (Å²) in [4.78, 5) is 8.46. The molecule has 1 aromatic carbocycles. The highest BCUT2D eigenvalue weighted by molar-refractivity contribution is 5.68. The predicted octanol–water partition coefficient (Wildman–Crippen LogP) is 2.43. The molecule has 0 atom stereocenters. The molecule has 2 aromatic rings. The summed E-state index contributed by atoms with van der Waals surface area (Å²) < 4.78 is 5.28. The second-order valence-electron chi connectivity index (χ2n) is 3.95. The molecule has 2 rings (SSSR count).